The molecule has 0 saturated carbocycles. The fourth-order valence-corrected chi connectivity index (χ4v) is 3.76. The Morgan fingerprint density at radius 3 is 2.03 bits per heavy atom. The molecular formula is C18H39N5O10. The van der Waals surface area contributed by atoms with Crippen LogP contribution in [0.2, 0.25) is 0 Å². The Hall–Kier alpha value is -0.600. The molecular weight excluding hydrogens is 446 g/mol. The first-order chi connectivity index (χ1) is 15.5. The van der Waals surface area contributed by atoms with E-state index >= 15 is 0 Å². The number of aliphatic hydroxyl groups excluding tert-OH is 6. The van der Waals surface area contributed by atoms with Gasteiger partial charge in [-0.05, 0) is 6.42 Å². The molecule has 2 rings (SSSR count). The fourth-order valence-electron chi connectivity index (χ4n) is 3.76. The summed E-state index contributed by atoms with van der Waals surface area (Å²) in [5.41, 5.74) is 29.3. The van der Waals surface area contributed by atoms with Crippen LogP contribution in [0, 0.1) is 0 Å². The molecule has 196 valence electrons. The van der Waals surface area contributed by atoms with Crippen molar-refractivity contribution >= 4 is 0 Å². The molecule has 2 fully saturated rings. The van der Waals surface area contributed by atoms with Gasteiger partial charge in [0.05, 0.1) is 38.0 Å². The molecule has 2 saturated heterocycles. The molecule has 15 nitrogen and oxygen atoms in total. The summed E-state index contributed by atoms with van der Waals surface area (Å²) in [6.45, 7) is -1.25. The Morgan fingerprint density at radius 1 is 0.818 bits per heavy atom. The van der Waals surface area contributed by atoms with Crippen LogP contribution in [0.5, 0.6) is 0 Å². The Bertz CT molecular complexity index is 579. The van der Waals surface area contributed by atoms with Crippen molar-refractivity contribution in [3.05, 3.63) is 0 Å². The van der Waals surface area contributed by atoms with Crippen molar-refractivity contribution in [1.82, 2.24) is 0 Å². The third kappa shape index (κ3) is 6.97. The molecule has 0 aromatic heterocycles. The van der Waals surface area contributed by atoms with Gasteiger partial charge in [0, 0.05) is 18.6 Å². The van der Waals surface area contributed by atoms with Gasteiger partial charge in [-0.25, -0.2) is 0 Å². The summed E-state index contributed by atoms with van der Waals surface area (Å²) in [7, 11) is 0. The monoisotopic (exact) mass is 485 g/mol. The lowest BCUT2D eigenvalue weighted by Crippen LogP contribution is -2.64. The lowest BCUT2D eigenvalue weighted by atomic mass is 9.97. The first-order valence-corrected chi connectivity index (χ1v) is 10.8. The van der Waals surface area contributed by atoms with Crippen molar-refractivity contribution in [2.45, 2.75) is 85.9 Å². The minimum Gasteiger partial charge on any atom is -0.394 e. The molecule has 16 N–H and O–H groups in total. The molecule has 13 atom stereocenters. The normalized spacial score (nSPS) is 42.6. The Balaban J connectivity index is 1.87. The zero-order valence-corrected chi connectivity index (χ0v) is 18.2. The highest BCUT2D eigenvalue weighted by Gasteiger charge is 2.45. The Labute approximate surface area is 191 Å². The summed E-state index contributed by atoms with van der Waals surface area (Å²) in [6.07, 6.45) is -10.5. The fraction of sp³-hybridized carbons (Fsp3) is 1.00. The highest BCUT2D eigenvalue weighted by Crippen LogP contribution is 2.23. The summed E-state index contributed by atoms with van der Waals surface area (Å²) in [5, 5.41) is 59.0. The van der Waals surface area contributed by atoms with E-state index in [-0.39, 0.29) is 19.6 Å². The molecule has 2 aliphatic heterocycles. The van der Waals surface area contributed by atoms with E-state index in [0.717, 1.165) is 0 Å². The van der Waals surface area contributed by atoms with Crippen LogP contribution in [0.3, 0.4) is 0 Å². The molecule has 2 aliphatic rings. The first-order valence-electron chi connectivity index (χ1n) is 10.8. The van der Waals surface area contributed by atoms with E-state index in [4.69, 9.17) is 47.6 Å². The predicted octanol–water partition coefficient (Wildman–Crippen LogP) is -7.08. The van der Waals surface area contributed by atoms with Crippen LogP contribution >= 0.6 is 0 Å². The van der Waals surface area contributed by atoms with Crippen LogP contribution in [-0.4, -0.2) is 136 Å². The third-order valence-electron chi connectivity index (χ3n) is 5.93. The number of ether oxygens (including phenoxy) is 4. The summed E-state index contributed by atoms with van der Waals surface area (Å²) in [6, 6.07) is -3.69. The van der Waals surface area contributed by atoms with Crippen LogP contribution in [0.25, 0.3) is 0 Å². The molecule has 15 heteroatoms. The second-order valence-corrected chi connectivity index (χ2v) is 8.47. The van der Waals surface area contributed by atoms with Gasteiger partial charge in [-0.15, -0.1) is 0 Å². The molecule has 0 aromatic rings. The van der Waals surface area contributed by atoms with Gasteiger partial charge in [0.2, 0.25) is 0 Å². The largest absolute Gasteiger partial charge is 0.394 e. The smallest absolute Gasteiger partial charge is 0.185 e. The maximum atomic E-state index is 10.1. The number of hydrogen-bond donors (Lipinski definition) is 11. The lowest BCUT2D eigenvalue weighted by Gasteiger charge is -2.42. The molecule has 0 aliphatic carbocycles. The van der Waals surface area contributed by atoms with Gasteiger partial charge in [-0.3, -0.25) is 0 Å². The zero-order chi connectivity index (χ0) is 24.9. The number of rotatable bonds is 11. The molecule has 33 heavy (non-hydrogen) atoms. The van der Waals surface area contributed by atoms with E-state index < -0.39 is 92.7 Å². The van der Waals surface area contributed by atoms with Gasteiger partial charge in [-0.2, -0.15) is 0 Å². The number of aliphatic hydroxyl groups is 6. The van der Waals surface area contributed by atoms with E-state index in [0.29, 0.717) is 0 Å². The highest BCUT2D eigenvalue weighted by atomic mass is 16.7. The van der Waals surface area contributed by atoms with E-state index in [9.17, 15) is 30.6 Å². The van der Waals surface area contributed by atoms with Gasteiger partial charge < -0.3 is 78.3 Å². The first kappa shape index (κ1) is 28.6. The molecule has 0 aromatic carbocycles. The van der Waals surface area contributed by atoms with Gasteiger partial charge in [-0.1, -0.05) is 0 Å². The predicted molar refractivity (Wildman–Crippen MR) is 112 cm³/mol. The van der Waals surface area contributed by atoms with Crippen LogP contribution in [0.1, 0.15) is 6.42 Å². The van der Waals surface area contributed by atoms with Gasteiger partial charge in [0.15, 0.2) is 12.6 Å². The summed E-state index contributed by atoms with van der Waals surface area (Å²) in [5.74, 6) is 0. The van der Waals surface area contributed by atoms with Crippen molar-refractivity contribution < 1.29 is 49.6 Å². The summed E-state index contributed by atoms with van der Waals surface area (Å²) in [4.78, 5) is 0. The third-order valence-corrected chi connectivity index (χ3v) is 5.93. The van der Waals surface area contributed by atoms with Crippen molar-refractivity contribution in [2.24, 2.45) is 28.7 Å². The van der Waals surface area contributed by atoms with Gasteiger partial charge in [0.1, 0.15) is 36.6 Å². The van der Waals surface area contributed by atoms with Crippen molar-refractivity contribution in [3.63, 3.8) is 0 Å². The molecule has 0 spiro atoms. The quantitative estimate of drug-likeness (QED) is 0.129. The second-order valence-electron chi connectivity index (χ2n) is 8.47. The number of hydrogen-bond acceptors (Lipinski definition) is 15. The van der Waals surface area contributed by atoms with E-state index in [1.165, 1.54) is 0 Å². The minimum atomic E-state index is -1.35. The standard InChI is InChI=1S/C18H39N5O10/c19-2-8-14(27)15(28)12(23)17(31-8)32-9(3-24)7(21)1-6(20)5-30-18-16(29)11(22)13(26)10(4-25)33-18/h6-18,24-29H,1-5,19-23H2/t6-,7?,8?,9+,10-,11?,12?,13-,14-,15-,16-,17-,18?/m1/s1. The number of nitrogens with two attached hydrogens (primary N) is 5. The van der Waals surface area contributed by atoms with Crippen molar-refractivity contribution in [1.29, 1.82) is 0 Å². The van der Waals surface area contributed by atoms with Crippen molar-refractivity contribution in [3.8, 4) is 0 Å². The van der Waals surface area contributed by atoms with E-state index in [1.807, 2.05) is 0 Å². The molecule has 0 bridgehead atoms. The van der Waals surface area contributed by atoms with Crippen LogP contribution in [-0.2, 0) is 18.9 Å². The summed E-state index contributed by atoms with van der Waals surface area (Å²) >= 11 is 0. The maximum Gasteiger partial charge on any atom is 0.185 e. The van der Waals surface area contributed by atoms with Gasteiger partial charge >= 0.3 is 0 Å². The average molecular weight is 486 g/mol. The Morgan fingerprint density at radius 2 is 1.45 bits per heavy atom. The molecule has 0 radical (unpaired) electrons. The summed E-state index contributed by atoms with van der Waals surface area (Å²) < 4.78 is 21.9. The van der Waals surface area contributed by atoms with Crippen LogP contribution in [0.4, 0.5) is 0 Å². The van der Waals surface area contributed by atoms with Crippen LogP contribution in [0.15, 0.2) is 0 Å². The Kier molecular flexibility index (Phi) is 11.2. The van der Waals surface area contributed by atoms with E-state index in [2.05, 4.69) is 0 Å². The highest BCUT2D eigenvalue weighted by molar-refractivity contribution is 4.94. The average Bonchev–Trinajstić information content (AvgIpc) is 2.80. The molecule has 2 heterocycles. The maximum absolute atomic E-state index is 10.1. The van der Waals surface area contributed by atoms with Crippen molar-refractivity contribution in [2.75, 3.05) is 26.4 Å². The lowest BCUT2D eigenvalue weighted by molar-refractivity contribution is -0.278. The van der Waals surface area contributed by atoms with Gasteiger partial charge in [0.25, 0.3) is 0 Å². The van der Waals surface area contributed by atoms with E-state index in [1.54, 1.807) is 0 Å². The topological polar surface area (TPSA) is 288 Å². The molecule has 5 unspecified atom stereocenters. The zero-order valence-electron chi connectivity index (χ0n) is 18.2. The molecule has 0 amide bonds. The minimum absolute atomic E-state index is 0.0875. The van der Waals surface area contributed by atoms with Crippen LogP contribution < -0.4 is 28.7 Å². The second kappa shape index (κ2) is 12.9. The SMILES string of the molecule is NCC1O[C@H](O[C@@H](CO)C(N)C[C@@H](N)COC2O[C@H](CO)[C@@H](O)C(N)[C@H]2O)C(N)[C@@H](O)[C@@H]1O.